The van der Waals surface area contributed by atoms with Gasteiger partial charge in [-0.25, -0.2) is 0 Å². The van der Waals surface area contributed by atoms with Crippen LogP contribution in [0.1, 0.15) is 10.4 Å². The van der Waals surface area contributed by atoms with Crippen LogP contribution < -0.4 is 9.47 Å². The fourth-order valence-electron chi connectivity index (χ4n) is 1.22. The Bertz CT molecular complexity index is 336. The van der Waals surface area contributed by atoms with Crippen molar-refractivity contribution in [3.05, 3.63) is 17.7 Å². The molecule has 0 aliphatic carbocycles. The maximum absolute atomic E-state index is 10.9. The minimum absolute atomic E-state index is 0.541. The van der Waals surface area contributed by atoms with E-state index in [9.17, 15) is 4.79 Å². The van der Waals surface area contributed by atoms with Crippen LogP contribution >= 0.6 is 11.8 Å². The van der Waals surface area contributed by atoms with Gasteiger partial charge in [0, 0.05) is 0 Å². The highest BCUT2D eigenvalue weighted by atomic mass is 32.2. The summed E-state index contributed by atoms with van der Waals surface area (Å²) in [6.45, 7) is 0. The summed E-state index contributed by atoms with van der Waals surface area (Å²) in [5.74, 6) is 1.27. The van der Waals surface area contributed by atoms with Crippen molar-refractivity contribution in [2.45, 2.75) is 4.90 Å². The molecule has 14 heavy (non-hydrogen) atoms. The molecule has 1 rings (SSSR count). The average molecular weight is 212 g/mol. The molecule has 0 saturated carbocycles. The van der Waals surface area contributed by atoms with Gasteiger partial charge in [0.2, 0.25) is 0 Å². The SMILES string of the molecule is COc1ccc(OC)c(SC)c1C=O. The van der Waals surface area contributed by atoms with Crippen LogP contribution in [-0.2, 0) is 0 Å². The van der Waals surface area contributed by atoms with E-state index in [2.05, 4.69) is 0 Å². The number of ether oxygens (including phenoxy) is 2. The van der Waals surface area contributed by atoms with Gasteiger partial charge in [-0.1, -0.05) is 0 Å². The van der Waals surface area contributed by atoms with Crippen molar-refractivity contribution in [2.24, 2.45) is 0 Å². The van der Waals surface area contributed by atoms with Gasteiger partial charge in [-0.15, -0.1) is 11.8 Å². The van der Waals surface area contributed by atoms with E-state index in [4.69, 9.17) is 9.47 Å². The monoisotopic (exact) mass is 212 g/mol. The molecule has 0 aliphatic rings. The third-order valence-corrected chi connectivity index (χ3v) is 2.71. The number of benzene rings is 1. The van der Waals surface area contributed by atoms with Crippen molar-refractivity contribution in [1.82, 2.24) is 0 Å². The lowest BCUT2D eigenvalue weighted by molar-refractivity contribution is 0.111. The zero-order chi connectivity index (χ0) is 10.6. The fraction of sp³-hybridized carbons (Fsp3) is 0.300. The Balaban J connectivity index is 3.35. The van der Waals surface area contributed by atoms with Gasteiger partial charge in [0.15, 0.2) is 6.29 Å². The van der Waals surface area contributed by atoms with E-state index in [1.807, 2.05) is 6.26 Å². The Morgan fingerprint density at radius 1 is 1.21 bits per heavy atom. The molecule has 1 aromatic carbocycles. The molecule has 3 nitrogen and oxygen atoms in total. The molecule has 0 heterocycles. The number of aldehydes is 1. The molecule has 0 fully saturated rings. The lowest BCUT2D eigenvalue weighted by Crippen LogP contribution is -1.96. The molecule has 76 valence electrons. The molecule has 0 unspecified atom stereocenters. The molecular formula is C10H12O3S. The first-order valence-electron chi connectivity index (χ1n) is 4.02. The van der Waals surface area contributed by atoms with Crippen LogP contribution in [0, 0.1) is 0 Å². The number of hydrogen-bond acceptors (Lipinski definition) is 4. The summed E-state index contributed by atoms with van der Waals surface area (Å²) in [4.78, 5) is 11.7. The second kappa shape index (κ2) is 4.91. The van der Waals surface area contributed by atoms with Crippen LogP contribution in [0.5, 0.6) is 11.5 Å². The maximum Gasteiger partial charge on any atom is 0.155 e. The molecule has 4 heteroatoms. The quantitative estimate of drug-likeness (QED) is 0.566. The second-order valence-electron chi connectivity index (χ2n) is 2.53. The number of thioether (sulfide) groups is 1. The number of hydrogen-bond donors (Lipinski definition) is 0. The minimum atomic E-state index is 0.541. The van der Waals surface area contributed by atoms with Gasteiger partial charge in [-0.05, 0) is 18.4 Å². The van der Waals surface area contributed by atoms with Gasteiger partial charge in [0.1, 0.15) is 11.5 Å². The van der Waals surface area contributed by atoms with Crippen LogP contribution in [-0.4, -0.2) is 26.8 Å². The molecule has 0 saturated heterocycles. The molecule has 0 radical (unpaired) electrons. The first-order valence-corrected chi connectivity index (χ1v) is 5.25. The van der Waals surface area contributed by atoms with Crippen LogP contribution in [0.25, 0.3) is 0 Å². The topological polar surface area (TPSA) is 35.5 Å². The zero-order valence-corrected chi connectivity index (χ0v) is 9.18. The lowest BCUT2D eigenvalue weighted by Gasteiger charge is -2.11. The Hall–Kier alpha value is -1.16. The summed E-state index contributed by atoms with van der Waals surface area (Å²) < 4.78 is 10.2. The van der Waals surface area contributed by atoms with Gasteiger partial charge in [0.05, 0.1) is 24.7 Å². The molecule has 0 aliphatic heterocycles. The van der Waals surface area contributed by atoms with Crippen LogP contribution in [0.4, 0.5) is 0 Å². The van der Waals surface area contributed by atoms with Gasteiger partial charge >= 0.3 is 0 Å². The van der Waals surface area contributed by atoms with Crippen molar-refractivity contribution in [3.8, 4) is 11.5 Å². The molecular weight excluding hydrogens is 200 g/mol. The molecule has 1 aromatic rings. The summed E-state index contributed by atoms with van der Waals surface area (Å²) in [6.07, 6.45) is 2.68. The predicted octanol–water partition coefficient (Wildman–Crippen LogP) is 2.24. The van der Waals surface area contributed by atoms with Crippen molar-refractivity contribution < 1.29 is 14.3 Å². The lowest BCUT2D eigenvalue weighted by atomic mass is 10.2. The Morgan fingerprint density at radius 3 is 2.21 bits per heavy atom. The van der Waals surface area contributed by atoms with E-state index in [-0.39, 0.29) is 0 Å². The smallest absolute Gasteiger partial charge is 0.155 e. The third kappa shape index (κ3) is 1.85. The highest BCUT2D eigenvalue weighted by Gasteiger charge is 2.12. The maximum atomic E-state index is 10.9. The Labute approximate surface area is 87.4 Å². The van der Waals surface area contributed by atoms with Gasteiger partial charge < -0.3 is 9.47 Å². The standard InChI is InChI=1S/C10H12O3S/c1-12-8-4-5-9(13-2)10(14-3)7(8)6-11/h4-6H,1-3H3. The fourth-order valence-corrected chi connectivity index (χ4v) is 1.94. The van der Waals surface area contributed by atoms with Crippen molar-refractivity contribution in [1.29, 1.82) is 0 Å². The molecule has 0 N–H and O–H groups in total. The van der Waals surface area contributed by atoms with Crippen LogP contribution in [0.3, 0.4) is 0 Å². The number of rotatable bonds is 4. The van der Waals surface area contributed by atoms with Crippen molar-refractivity contribution in [3.63, 3.8) is 0 Å². The molecule has 0 spiro atoms. The Morgan fingerprint density at radius 2 is 1.79 bits per heavy atom. The third-order valence-electron chi connectivity index (χ3n) is 1.88. The van der Waals surface area contributed by atoms with Gasteiger partial charge in [-0.2, -0.15) is 0 Å². The summed E-state index contributed by atoms with van der Waals surface area (Å²) in [5, 5.41) is 0. The average Bonchev–Trinajstić information content (AvgIpc) is 2.26. The molecule has 0 aromatic heterocycles. The predicted molar refractivity (Wildman–Crippen MR) is 56.7 cm³/mol. The zero-order valence-electron chi connectivity index (χ0n) is 8.37. The molecule has 0 atom stereocenters. The van der Waals surface area contributed by atoms with E-state index in [0.29, 0.717) is 17.1 Å². The van der Waals surface area contributed by atoms with Gasteiger partial charge in [0.25, 0.3) is 0 Å². The number of methoxy groups -OCH3 is 2. The minimum Gasteiger partial charge on any atom is -0.496 e. The van der Waals surface area contributed by atoms with E-state index >= 15 is 0 Å². The van der Waals surface area contributed by atoms with Crippen LogP contribution in [0.2, 0.25) is 0 Å². The summed E-state index contributed by atoms with van der Waals surface area (Å²) in [5.41, 5.74) is 0.541. The van der Waals surface area contributed by atoms with E-state index in [0.717, 1.165) is 11.2 Å². The first-order chi connectivity index (χ1) is 6.78. The highest BCUT2D eigenvalue weighted by molar-refractivity contribution is 7.98. The molecule has 0 bridgehead atoms. The normalized spacial score (nSPS) is 9.64. The largest absolute Gasteiger partial charge is 0.496 e. The Kier molecular flexibility index (Phi) is 3.83. The van der Waals surface area contributed by atoms with E-state index in [1.165, 1.54) is 11.8 Å². The van der Waals surface area contributed by atoms with Crippen LogP contribution in [0.15, 0.2) is 17.0 Å². The molecule has 0 amide bonds. The van der Waals surface area contributed by atoms with Crippen molar-refractivity contribution >= 4 is 18.0 Å². The summed E-state index contributed by atoms with van der Waals surface area (Å²) >= 11 is 1.46. The van der Waals surface area contributed by atoms with Gasteiger partial charge in [-0.3, -0.25) is 4.79 Å². The number of carbonyl (C=O) groups is 1. The highest BCUT2D eigenvalue weighted by Crippen LogP contribution is 2.35. The second-order valence-corrected chi connectivity index (χ2v) is 3.35. The van der Waals surface area contributed by atoms with Crippen molar-refractivity contribution in [2.75, 3.05) is 20.5 Å². The van der Waals surface area contributed by atoms with E-state index in [1.54, 1.807) is 26.4 Å². The number of carbonyl (C=O) groups excluding carboxylic acids is 1. The first kappa shape index (κ1) is 10.9. The summed E-state index contributed by atoms with van der Waals surface area (Å²) in [7, 11) is 3.12. The van der Waals surface area contributed by atoms with E-state index < -0.39 is 0 Å². The summed E-state index contributed by atoms with van der Waals surface area (Å²) in [6, 6.07) is 3.51.